The lowest BCUT2D eigenvalue weighted by atomic mass is 10.0. The number of hydrogen-bond acceptors (Lipinski definition) is 4. The fraction of sp³-hybridized carbons (Fsp3) is 0.696. The summed E-state index contributed by atoms with van der Waals surface area (Å²) in [5.41, 5.74) is 1.11. The number of rotatable bonds is 11. The molecular weight excluding hydrogens is 381 g/mol. The van der Waals surface area contributed by atoms with Gasteiger partial charge in [-0.25, -0.2) is 4.39 Å². The first-order chi connectivity index (χ1) is 14.6. The molecule has 0 saturated carbocycles. The second kappa shape index (κ2) is 13.6. The lowest BCUT2D eigenvalue weighted by molar-refractivity contribution is 0.0170. The van der Waals surface area contributed by atoms with Crippen molar-refractivity contribution in [1.29, 1.82) is 0 Å². The highest BCUT2D eigenvalue weighted by Gasteiger charge is 2.23. The summed E-state index contributed by atoms with van der Waals surface area (Å²) in [6, 6.07) is 7.32. The van der Waals surface area contributed by atoms with Gasteiger partial charge in [0.2, 0.25) is 0 Å². The van der Waals surface area contributed by atoms with Gasteiger partial charge in [0, 0.05) is 32.7 Å². The third-order valence-electron chi connectivity index (χ3n) is 5.82. The van der Waals surface area contributed by atoms with Crippen LogP contribution in [0.2, 0.25) is 0 Å². The zero-order chi connectivity index (χ0) is 21.8. The first-order valence-corrected chi connectivity index (χ1v) is 11.3. The van der Waals surface area contributed by atoms with E-state index in [1.807, 2.05) is 12.1 Å². The van der Waals surface area contributed by atoms with E-state index in [9.17, 15) is 4.39 Å². The lowest BCUT2D eigenvalue weighted by Crippen LogP contribution is -2.48. The molecule has 2 atom stereocenters. The van der Waals surface area contributed by atoms with Crippen LogP contribution >= 0.6 is 0 Å². The molecule has 0 spiro atoms. The van der Waals surface area contributed by atoms with Crippen molar-refractivity contribution in [2.45, 2.75) is 45.7 Å². The molecule has 0 amide bonds. The van der Waals surface area contributed by atoms with E-state index >= 15 is 0 Å². The first-order valence-electron chi connectivity index (χ1n) is 11.3. The van der Waals surface area contributed by atoms with Gasteiger partial charge in [-0.1, -0.05) is 26.0 Å². The van der Waals surface area contributed by atoms with Gasteiger partial charge in [-0.3, -0.25) is 9.89 Å². The Morgan fingerprint density at radius 3 is 2.47 bits per heavy atom. The molecule has 0 bridgehead atoms. The summed E-state index contributed by atoms with van der Waals surface area (Å²) in [7, 11) is 1.81. The van der Waals surface area contributed by atoms with E-state index in [1.165, 1.54) is 18.6 Å². The molecule has 0 aromatic heterocycles. The maximum absolute atomic E-state index is 13.4. The fourth-order valence-corrected chi connectivity index (χ4v) is 3.89. The number of nitrogens with zero attached hydrogens (tertiary/aromatic N) is 3. The molecule has 1 aromatic rings. The van der Waals surface area contributed by atoms with Crippen molar-refractivity contribution in [3.8, 4) is 0 Å². The standard InChI is InChI=1S/C23H40FN5O/c1-5-28(6-2)13-7-8-19(3)27-23(25-4)26-18-22(29-14-16-30-17-15-29)20-9-11-21(24)12-10-20/h9-12,19,22H,5-8,13-18H2,1-4H3,(H2,25,26,27). The maximum Gasteiger partial charge on any atom is 0.191 e. The molecule has 1 saturated heterocycles. The Balaban J connectivity index is 1.89. The fourth-order valence-electron chi connectivity index (χ4n) is 3.89. The van der Waals surface area contributed by atoms with Crippen LogP contribution in [0.3, 0.4) is 0 Å². The number of hydrogen-bond donors (Lipinski definition) is 2. The van der Waals surface area contributed by atoms with Crippen molar-refractivity contribution in [2.24, 2.45) is 4.99 Å². The van der Waals surface area contributed by atoms with E-state index in [2.05, 4.69) is 46.2 Å². The van der Waals surface area contributed by atoms with E-state index in [1.54, 1.807) is 7.05 Å². The van der Waals surface area contributed by atoms with Gasteiger partial charge in [0.1, 0.15) is 5.82 Å². The summed E-state index contributed by atoms with van der Waals surface area (Å²) in [6.45, 7) is 13.9. The van der Waals surface area contributed by atoms with Gasteiger partial charge >= 0.3 is 0 Å². The monoisotopic (exact) mass is 421 g/mol. The van der Waals surface area contributed by atoms with Crippen molar-refractivity contribution in [1.82, 2.24) is 20.4 Å². The van der Waals surface area contributed by atoms with Crippen LogP contribution < -0.4 is 10.6 Å². The average molecular weight is 422 g/mol. The van der Waals surface area contributed by atoms with E-state index < -0.39 is 0 Å². The van der Waals surface area contributed by atoms with Gasteiger partial charge in [0.15, 0.2) is 5.96 Å². The third-order valence-corrected chi connectivity index (χ3v) is 5.82. The van der Waals surface area contributed by atoms with Crippen LogP contribution in [0.5, 0.6) is 0 Å². The van der Waals surface area contributed by atoms with E-state index in [-0.39, 0.29) is 11.9 Å². The molecule has 0 aliphatic carbocycles. The number of aliphatic imine (C=N–C) groups is 1. The normalized spacial score (nSPS) is 17.7. The predicted octanol–water partition coefficient (Wildman–Crippen LogP) is 2.87. The van der Waals surface area contributed by atoms with E-state index in [4.69, 9.17) is 4.74 Å². The van der Waals surface area contributed by atoms with Gasteiger partial charge in [-0.05, 0) is 57.1 Å². The largest absolute Gasteiger partial charge is 0.379 e. The molecular formula is C23H40FN5O. The lowest BCUT2D eigenvalue weighted by Gasteiger charge is -2.35. The van der Waals surface area contributed by atoms with Crippen molar-refractivity contribution >= 4 is 5.96 Å². The predicted molar refractivity (Wildman–Crippen MR) is 123 cm³/mol. The molecule has 0 radical (unpaired) electrons. The highest BCUT2D eigenvalue weighted by atomic mass is 19.1. The Hall–Kier alpha value is -1.70. The third kappa shape index (κ3) is 8.20. The van der Waals surface area contributed by atoms with Gasteiger partial charge in [0.25, 0.3) is 0 Å². The molecule has 6 nitrogen and oxygen atoms in total. The van der Waals surface area contributed by atoms with Crippen molar-refractivity contribution in [2.75, 3.05) is 59.5 Å². The summed E-state index contributed by atoms with van der Waals surface area (Å²) in [5, 5.41) is 7.00. The quantitative estimate of drug-likeness (QED) is 0.425. The Morgan fingerprint density at radius 2 is 1.87 bits per heavy atom. The summed E-state index contributed by atoms with van der Waals surface area (Å²) >= 11 is 0. The summed E-state index contributed by atoms with van der Waals surface area (Å²) in [6.07, 6.45) is 2.26. The van der Waals surface area contributed by atoms with Crippen LogP contribution in [0.1, 0.15) is 45.2 Å². The number of benzene rings is 1. The zero-order valence-electron chi connectivity index (χ0n) is 19.2. The van der Waals surface area contributed by atoms with Crippen LogP contribution in [-0.2, 0) is 4.74 Å². The minimum Gasteiger partial charge on any atom is -0.379 e. The zero-order valence-corrected chi connectivity index (χ0v) is 19.2. The van der Waals surface area contributed by atoms with Gasteiger partial charge in [-0.15, -0.1) is 0 Å². The summed E-state index contributed by atoms with van der Waals surface area (Å²) < 4.78 is 18.9. The summed E-state index contributed by atoms with van der Waals surface area (Å²) in [4.78, 5) is 9.26. The van der Waals surface area contributed by atoms with Gasteiger partial charge in [-0.2, -0.15) is 0 Å². The number of nitrogens with one attached hydrogen (secondary N) is 2. The maximum atomic E-state index is 13.4. The molecule has 1 fully saturated rings. The number of morpholine rings is 1. The van der Waals surface area contributed by atoms with E-state index in [0.717, 1.165) is 63.9 Å². The van der Waals surface area contributed by atoms with E-state index in [0.29, 0.717) is 12.6 Å². The highest BCUT2D eigenvalue weighted by molar-refractivity contribution is 5.79. The summed E-state index contributed by atoms with van der Waals surface area (Å²) in [5.74, 6) is 0.606. The van der Waals surface area contributed by atoms with Crippen molar-refractivity contribution in [3.63, 3.8) is 0 Å². The molecule has 2 N–H and O–H groups in total. The number of guanidine groups is 1. The van der Waals surface area contributed by atoms with Crippen molar-refractivity contribution in [3.05, 3.63) is 35.6 Å². The second-order valence-corrected chi connectivity index (χ2v) is 7.88. The smallest absolute Gasteiger partial charge is 0.191 e. The van der Waals surface area contributed by atoms with Gasteiger partial charge < -0.3 is 20.3 Å². The minimum atomic E-state index is -0.205. The van der Waals surface area contributed by atoms with Crippen LogP contribution in [0.15, 0.2) is 29.3 Å². The van der Waals surface area contributed by atoms with Gasteiger partial charge in [0.05, 0.1) is 19.3 Å². The minimum absolute atomic E-state index is 0.144. The average Bonchev–Trinajstić information content (AvgIpc) is 2.78. The molecule has 7 heteroatoms. The Morgan fingerprint density at radius 1 is 1.20 bits per heavy atom. The molecule has 2 unspecified atom stereocenters. The molecule has 170 valence electrons. The molecule has 2 rings (SSSR count). The SMILES string of the molecule is CCN(CC)CCCC(C)NC(=NC)NCC(c1ccc(F)cc1)N1CCOCC1. The highest BCUT2D eigenvalue weighted by Crippen LogP contribution is 2.21. The molecule has 1 aromatic carbocycles. The van der Waals surface area contributed by atoms with Crippen LogP contribution in [0.4, 0.5) is 4.39 Å². The topological polar surface area (TPSA) is 52.1 Å². The van der Waals surface area contributed by atoms with Crippen molar-refractivity contribution < 1.29 is 9.13 Å². The molecule has 1 aliphatic heterocycles. The Labute approximate surface area is 181 Å². The molecule has 30 heavy (non-hydrogen) atoms. The number of ether oxygens (including phenoxy) is 1. The molecule has 1 heterocycles. The van der Waals surface area contributed by atoms with Crippen LogP contribution in [0.25, 0.3) is 0 Å². The second-order valence-electron chi connectivity index (χ2n) is 7.88. The van der Waals surface area contributed by atoms with Crippen LogP contribution in [-0.4, -0.2) is 81.3 Å². The Kier molecular flexibility index (Phi) is 11.1. The van der Waals surface area contributed by atoms with Crippen LogP contribution in [0, 0.1) is 5.82 Å². The number of halogens is 1. The first kappa shape index (κ1) is 24.6. The Bertz CT molecular complexity index is 615. The molecule has 1 aliphatic rings.